The maximum absolute atomic E-state index is 5.68. The molecule has 1 heterocycles. The van der Waals surface area contributed by atoms with Crippen molar-refractivity contribution >= 4 is 0 Å². The lowest BCUT2D eigenvalue weighted by Gasteiger charge is -2.11. The van der Waals surface area contributed by atoms with Gasteiger partial charge in [-0.3, -0.25) is 0 Å². The highest BCUT2D eigenvalue weighted by Crippen LogP contribution is 2.28. The fourth-order valence-corrected chi connectivity index (χ4v) is 1.75. The summed E-state index contributed by atoms with van der Waals surface area (Å²) >= 11 is 0. The smallest absolute Gasteiger partial charge is 0.213 e. The van der Waals surface area contributed by atoms with Crippen LogP contribution in [0.15, 0.2) is 29.1 Å². The highest BCUT2D eigenvalue weighted by atomic mass is 16.5. The van der Waals surface area contributed by atoms with Crippen molar-refractivity contribution in [2.45, 2.75) is 13.2 Å². The minimum atomic E-state index is 0.230. The molecule has 2 aromatic rings. The minimum absolute atomic E-state index is 0.230. The van der Waals surface area contributed by atoms with Gasteiger partial charge in [-0.15, -0.1) is 0 Å². The number of methoxy groups -OCH3 is 2. The normalized spacial score (nSPS) is 10.6. The largest absolute Gasteiger partial charge is 0.493 e. The zero-order valence-corrected chi connectivity index (χ0v) is 12.2. The van der Waals surface area contributed by atoms with E-state index in [0.717, 1.165) is 18.7 Å². The first kappa shape index (κ1) is 15.3. The van der Waals surface area contributed by atoms with Gasteiger partial charge in [0.1, 0.15) is 0 Å². The Hall–Kier alpha value is -2.12. The number of ether oxygens (including phenoxy) is 3. The van der Waals surface area contributed by atoms with Gasteiger partial charge in [-0.05, 0) is 17.7 Å². The van der Waals surface area contributed by atoms with Crippen molar-refractivity contribution < 1.29 is 18.7 Å². The first-order valence-electron chi connectivity index (χ1n) is 6.58. The molecule has 1 aromatic heterocycles. The Bertz CT molecular complexity index is 531. The van der Waals surface area contributed by atoms with E-state index in [1.165, 1.54) is 6.39 Å². The molecule has 0 saturated carbocycles. The third-order valence-corrected chi connectivity index (χ3v) is 2.80. The molecule has 2 rings (SSSR count). The molecule has 7 heteroatoms. The highest BCUT2D eigenvalue weighted by Gasteiger charge is 2.08. The summed E-state index contributed by atoms with van der Waals surface area (Å²) in [5.74, 6) is 1.80. The summed E-state index contributed by atoms with van der Waals surface area (Å²) in [5.41, 5.74) is 1.09. The van der Waals surface area contributed by atoms with Crippen LogP contribution in [0.1, 0.15) is 11.4 Å². The Morgan fingerprint density at radius 1 is 1.24 bits per heavy atom. The first-order valence-corrected chi connectivity index (χ1v) is 6.58. The second kappa shape index (κ2) is 8.23. The maximum atomic E-state index is 5.68. The second-order valence-electron chi connectivity index (χ2n) is 4.29. The summed E-state index contributed by atoms with van der Waals surface area (Å²) in [5, 5.41) is 6.98. The van der Waals surface area contributed by atoms with Crippen LogP contribution in [0.2, 0.25) is 0 Å². The molecule has 21 heavy (non-hydrogen) atoms. The summed E-state index contributed by atoms with van der Waals surface area (Å²) in [4.78, 5) is 3.91. The monoisotopic (exact) mass is 293 g/mol. The van der Waals surface area contributed by atoms with E-state index in [1.807, 2.05) is 18.2 Å². The molecule has 0 saturated heterocycles. The standard InChI is InChI=1S/C14H19N3O4/c1-18-6-5-15-8-11-3-4-12(19-2)13(7-11)20-9-14-16-10-21-17-14/h3-4,7,10,15H,5-6,8-9H2,1-2H3. The van der Waals surface area contributed by atoms with Crippen molar-refractivity contribution in [3.63, 3.8) is 0 Å². The van der Waals surface area contributed by atoms with Gasteiger partial charge in [0.2, 0.25) is 12.2 Å². The molecule has 0 aliphatic carbocycles. The number of aromatic nitrogens is 2. The van der Waals surface area contributed by atoms with Gasteiger partial charge >= 0.3 is 0 Å². The molecule has 0 radical (unpaired) electrons. The summed E-state index contributed by atoms with van der Waals surface area (Å²) in [7, 11) is 3.28. The second-order valence-corrected chi connectivity index (χ2v) is 4.29. The third kappa shape index (κ3) is 4.73. The van der Waals surface area contributed by atoms with Gasteiger partial charge in [0.15, 0.2) is 18.1 Å². The van der Waals surface area contributed by atoms with Crippen LogP contribution in [0.25, 0.3) is 0 Å². The van der Waals surface area contributed by atoms with Crippen LogP contribution in [0.4, 0.5) is 0 Å². The zero-order valence-electron chi connectivity index (χ0n) is 12.2. The van der Waals surface area contributed by atoms with Crippen LogP contribution in [0.5, 0.6) is 11.5 Å². The average molecular weight is 293 g/mol. The van der Waals surface area contributed by atoms with E-state index in [4.69, 9.17) is 14.2 Å². The Morgan fingerprint density at radius 2 is 2.14 bits per heavy atom. The number of hydrogen-bond donors (Lipinski definition) is 1. The van der Waals surface area contributed by atoms with Crippen LogP contribution in [0, 0.1) is 0 Å². The fraction of sp³-hybridized carbons (Fsp3) is 0.429. The van der Waals surface area contributed by atoms with Crippen LogP contribution < -0.4 is 14.8 Å². The van der Waals surface area contributed by atoms with E-state index < -0.39 is 0 Å². The van der Waals surface area contributed by atoms with Crippen molar-refractivity contribution in [1.29, 1.82) is 0 Å². The third-order valence-electron chi connectivity index (χ3n) is 2.80. The summed E-state index contributed by atoms with van der Waals surface area (Å²) in [6, 6.07) is 5.79. The van der Waals surface area contributed by atoms with Gasteiger partial charge in [0.05, 0.1) is 13.7 Å². The quantitative estimate of drug-likeness (QED) is 0.700. The van der Waals surface area contributed by atoms with E-state index in [1.54, 1.807) is 14.2 Å². The van der Waals surface area contributed by atoms with Crippen molar-refractivity contribution in [2.75, 3.05) is 27.4 Å². The predicted octanol–water partition coefficient (Wildman–Crippen LogP) is 1.39. The van der Waals surface area contributed by atoms with Gasteiger partial charge < -0.3 is 24.1 Å². The number of rotatable bonds is 9. The predicted molar refractivity (Wildman–Crippen MR) is 75.2 cm³/mol. The summed E-state index contributed by atoms with van der Waals surface area (Å²) < 4.78 is 20.6. The molecule has 1 N–H and O–H groups in total. The summed E-state index contributed by atoms with van der Waals surface area (Å²) in [6.07, 6.45) is 1.27. The molecule has 0 aliphatic heterocycles. The maximum Gasteiger partial charge on any atom is 0.213 e. The van der Waals surface area contributed by atoms with Crippen molar-refractivity contribution in [1.82, 2.24) is 15.5 Å². The highest BCUT2D eigenvalue weighted by molar-refractivity contribution is 5.42. The summed E-state index contributed by atoms with van der Waals surface area (Å²) in [6.45, 7) is 2.43. The average Bonchev–Trinajstić information content (AvgIpc) is 3.03. The number of benzene rings is 1. The Kier molecular flexibility index (Phi) is 5.99. The minimum Gasteiger partial charge on any atom is -0.493 e. The fourth-order valence-electron chi connectivity index (χ4n) is 1.75. The molecule has 1 aromatic carbocycles. The lowest BCUT2D eigenvalue weighted by atomic mass is 10.2. The topological polar surface area (TPSA) is 78.6 Å². The van der Waals surface area contributed by atoms with Crippen molar-refractivity contribution in [2.24, 2.45) is 0 Å². The lowest BCUT2D eigenvalue weighted by Crippen LogP contribution is -2.18. The van der Waals surface area contributed by atoms with Gasteiger partial charge in [-0.2, -0.15) is 4.98 Å². The number of nitrogens with zero attached hydrogens (tertiary/aromatic N) is 2. The van der Waals surface area contributed by atoms with Crippen LogP contribution in [-0.4, -0.2) is 37.5 Å². The molecule has 114 valence electrons. The van der Waals surface area contributed by atoms with Crippen LogP contribution >= 0.6 is 0 Å². The molecule has 0 fully saturated rings. The Morgan fingerprint density at radius 3 is 2.86 bits per heavy atom. The number of nitrogens with one attached hydrogen (secondary N) is 1. The molecule has 0 aliphatic rings. The molecule has 0 unspecified atom stereocenters. The molecular formula is C14H19N3O4. The number of hydrogen-bond acceptors (Lipinski definition) is 7. The van der Waals surface area contributed by atoms with Crippen LogP contribution in [-0.2, 0) is 17.9 Å². The van der Waals surface area contributed by atoms with E-state index in [9.17, 15) is 0 Å². The van der Waals surface area contributed by atoms with Crippen LogP contribution in [0.3, 0.4) is 0 Å². The van der Waals surface area contributed by atoms with E-state index in [-0.39, 0.29) is 6.61 Å². The molecule has 0 bridgehead atoms. The molecule has 7 nitrogen and oxygen atoms in total. The van der Waals surface area contributed by atoms with Gasteiger partial charge in [-0.1, -0.05) is 11.2 Å². The van der Waals surface area contributed by atoms with E-state index >= 15 is 0 Å². The Labute approximate surface area is 123 Å². The van der Waals surface area contributed by atoms with E-state index in [2.05, 4.69) is 20.0 Å². The molecular weight excluding hydrogens is 274 g/mol. The van der Waals surface area contributed by atoms with Crippen molar-refractivity contribution in [3.05, 3.63) is 36.0 Å². The van der Waals surface area contributed by atoms with Gasteiger partial charge in [-0.25, -0.2) is 0 Å². The van der Waals surface area contributed by atoms with Crippen molar-refractivity contribution in [3.8, 4) is 11.5 Å². The lowest BCUT2D eigenvalue weighted by molar-refractivity contribution is 0.199. The molecule has 0 spiro atoms. The first-order chi connectivity index (χ1) is 10.3. The van der Waals surface area contributed by atoms with Gasteiger partial charge in [0, 0.05) is 20.2 Å². The Balaban J connectivity index is 1.96. The van der Waals surface area contributed by atoms with Gasteiger partial charge in [0.25, 0.3) is 0 Å². The molecule has 0 atom stereocenters. The zero-order chi connectivity index (χ0) is 14.9. The SMILES string of the molecule is COCCNCc1ccc(OC)c(OCc2ncon2)c1. The van der Waals surface area contributed by atoms with E-state index in [0.29, 0.717) is 23.9 Å². The molecule has 0 amide bonds.